The van der Waals surface area contributed by atoms with E-state index in [1.165, 1.54) is 0 Å². The van der Waals surface area contributed by atoms with Gasteiger partial charge in [0, 0.05) is 18.4 Å². The lowest BCUT2D eigenvalue weighted by atomic mass is 10.4. The van der Waals surface area contributed by atoms with Crippen LogP contribution in [0.3, 0.4) is 0 Å². The molecule has 17 heavy (non-hydrogen) atoms. The Kier molecular flexibility index (Phi) is 7.21. The van der Waals surface area contributed by atoms with Gasteiger partial charge in [-0.15, -0.1) is 0 Å². The molecule has 4 heteroatoms. The van der Waals surface area contributed by atoms with Gasteiger partial charge in [-0.05, 0) is 31.6 Å². The van der Waals surface area contributed by atoms with Gasteiger partial charge in [-0.2, -0.15) is 0 Å². The Labute approximate surface area is 104 Å². The Morgan fingerprint density at radius 1 is 1.00 bits per heavy atom. The van der Waals surface area contributed by atoms with Crippen molar-refractivity contribution < 1.29 is 8.42 Å². The third-order valence-electron chi connectivity index (χ3n) is 1.48. The maximum absolute atomic E-state index is 11.3. The van der Waals surface area contributed by atoms with Crippen LogP contribution in [0.1, 0.15) is 20.3 Å². The Hall–Kier alpha value is -2.01. The zero-order chi connectivity index (χ0) is 13.1. The largest absolute Gasteiger partial charge is 0.238 e. The van der Waals surface area contributed by atoms with Crippen molar-refractivity contribution in [2.45, 2.75) is 20.3 Å². The monoisotopic (exact) mass is 247 g/mol. The Bertz CT molecular complexity index is 587. The van der Waals surface area contributed by atoms with Crippen molar-refractivity contribution in [1.82, 2.24) is 4.31 Å². The van der Waals surface area contributed by atoms with Crippen LogP contribution < -0.4 is 0 Å². The highest BCUT2D eigenvalue weighted by Gasteiger charge is 2.10. The van der Waals surface area contributed by atoms with E-state index in [1.807, 2.05) is 0 Å². The molecule has 0 aliphatic carbocycles. The summed E-state index contributed by atoms with van der Waals surface area (Å²) in [7, 11) is -3.35. The van der Waals surface area contributed by atoms with Crippen LogP contribution in [0.4, 0.5) is 0 Å². The summed E-state index contributed by atoms with van der Waals surface area (Å²) in [6.07, 6.45) is 1.48. The van der Waals surface area contributed by atoms with Gasteiger partial charge < -0.3 is 0 Å². The first-order valence-electron chi connectivity index (χ1n) is 4.82. The van der Waals surface area contributed by atoms with Crippen LogP contribution in [0.25, 0.3) is 0 Å². The molecule has 0 bridgehead atoms. The number of hydrogen-bond acceptors (Lipinski definition) is 2. The van der Waals surface area contributed by atoms with Gasteiger partial charge in [0.1, 0.15) is 0 Å². The van der Waals surface area contributed by atoms with Crippen LogP contribution in [-0.2, 0) is 10.0 Å². The summed E-state index contributed by atoms with van der Waals surface area (Å²) >= 11 is 0. The fraction of sp³-hybridized carbons (Fsp3) is 0.385. The van der Waals surface area contributed by atoms with Gasteiger partial charge in [-0.25, -0.2) is 12.7 Å². The number of sulfonamides is 1. The number of hydrogen-bond donors (Lipinski definition) is 0. The molecule has 0 radical (unpaired) electrons. The van der Waals surface area contributed by atoms with Crippen molar-refractivity contribution in [2.24, 2.45) is 0 Å². The predicted octanol–water partition coefficient (Wildman–Crippen LogP) is 0.649. The first-order chi connectivity index (χ1) is 8.02. The van der Waals surface area contributed by atoms with E-state index in [0.29, 0.717) is 6.42 Å². The second-order valence-electron chi connectivity index (χ2n) is 2.87. The molecule has 0 unspecified atom stereocenters. The SMILES string of the molecule is CC#CC#CCCN(C#CC#CC)S(C)(=O)=O. The number of nitrogens with zero attached hydrogens (tertiary/aromatic N) is 1. The Morgan fingerprint density at radius 2 is 1.59 bits per heavy atom. The van der Waals surface area contributed by atoms with Crippen molar-refractivity contribution in [2.75, 3.05) is 12.8 Å². The third-order valence-corrected chi connectivity index (χ3v) is 2.56. The molecule has 0 aliphatic rings. The van der Waals surface area contributed by atoms with Crippen molar-refractivity contribution >= 4 is 10.0 Å². The zero-order valence-electron chi connectivity index (χ0n) is 10.1. The Morgan fingerprint density at radius 3 is 2.12 bits per heavy atom. The fourth-order valence-corrected chi connectivity index (χ4v) is 1.42. The van der Waals surface area contributed by atoms with Gasteiger partial charge in [-0.3, -0.25) is 0 Å². The second kappa shape index (κ2) is 8.18. The van der Waals surface area contributed by atoms with E-state index < -0.39 is 10.0 Å². The predicted molar refractivity (Wildman–Crippen MR) is 68.6 cm³/mol. The summed E-state index contributed by atoms with van der Waals surface area (Å²) in [5, 5.41) is 0. The van der Waals surface area contributed by atoms with E-state index in [2.05, 4.69) is 47.5 Å². The Balaban J connectivity index is 4.64. The van der Waals surface area contributed by atoms with Crippen molar-refractivity contribution in [1.29, 1.82) is 0 Å². The van der Waals surface area contributed by atoms with E-state index >= 15 is 0 Å². The summed E-state index contributed by atoms with van der Waals surface area (Å²) in [5.41, 5.74) is 0. The summed E-state index contributed by atoms with van der Waals surface area (Å²) in [5.74, 6) is 18.1. The highest BCUT2D eigenvalue weighted by Crippen LogP contribution is 1.96. The van der Waals surface area contributed by atoms with Crippen LogP contribution in [0.15, 0.2) is 0 Å². The molecule has 0 heterocycles. The summed E-state index contributed by atoms with van der Waals surface area (Å²) in [4.78, 5) is 0. The molecule has 0 saturated heterocycles. The topological polar surface area (TPSA) is 37.4 Å². The minimum absolute atomic E-state index is 0.218. The standard InChI is InChI=1S/C13H13NO2S/c1-4-6-8-9-11-13-14(17(3,15)16)12-10-7-5-2/h11,13H2,1-3H3. The lowest BCUT2D eigenvalue weighted by Crippen LogP contribution is -2.26. The number of rotatable bonds is 3. The van der Waals surface area contributed by atoms with Crippen LogP contribution in [0.2, 0.25) is 0 Å². The molecule has 0 aromatic carbocycles. The van der Waals surface area contributed by atoms with Crippen LogP contribution >= 0.6 is 0 Å². The molecule has 0 saturated carbocycles. The summed E-state index contributed by atoms with van der Waals surface area (Å²) in [6, 6.07) is 2.47. The minimum Gasteiger partial charge on any atom is -0.227 e. The van der Waals surface area contributed by atoms with E-state index in [1.54, 1.807) is 13.8 Å². The second-order valence-corrected chi connectivity index (χ2v) is 4.78. The molecule has 0 amide bonds. The van der Waals surface area contributed by atoms with E-state index in [0.717, 1.165) is 10.6 Å². The molecule has 0 aromatic heterocycles. The maximum atomic E-state index is 11.3. The maximum Gasteiger partial charge on any atom is 0.238 e. The van der Waals surface area contributed by atoms with Crippen molar-refractivity contribution in [3.05, 3.63) is 0 Å². The lowest BCUT2D eigenvalue weighted by Gasteiger charge is -2.12. The molecule has 0 N–H and O–H groups in total. The molecule has 0 aromatic rings. The van der Waals surface area contributed by atoms with E-state index in [9.17, 15) is 8.42 Å². The molecule has 88 valence electrons. The first kappa shape index (κ1) is 15.0. The molecule has 0 aliphatic heterocycles. The van der Waals surface area contributed by atoms with Crippen LogP contribution in [0.5, 0.6) is 0 Å². The fourth-order valence-electron chi connectivity index (χ4n) is 0.784. The molecular formula is C13H13NO2S. The minimum atomic E-state index is -3.35. The lowest BCUT2D eigenvalue weighted by molar-refractivity contribution is 0.522. The van der Waals surface area contributed by atoms with Crippen molar-refractivity contribution in [3.8, 4) is 47.5 Å². The van der Waals surface area contributed by atoms with Gasteiger partial charge in [0.2, 0.25) is 10.0 Å². The third kappa shape index (κ3) is 7.87. The van der Waals surface area contributed by atoms with Gasteiger partial charge in [0.25, 0.3) is 0 Å². The molecule has 0 rings (SSSR count). The van der Waals surface area contributed by atoms with Crippen LogP contribution in [-0.4, -0.2) is 25.5 Å². The van der Waals surface area contributed by atoms with Crippen LogP contribution in [0, 0.1) is 47.5 Å². The van der Waals surface area contributed by atoms with Gasteiger partial charge in [-0.1, -0.05) is 17.8 Å². The van der Waals surface area contributed by atoms with Gasteiger partial charge >= 0.3 is 0 Å². The molecule has 0 fully saturated rings. The summed E-state index contributed by atoms with van der Waals surface area (Å²) in [6.45, 7) is 3.54. The quantitative estimate of drug-likeness (QED) is 0.542. The average molecular weight is 247 g/mol. The van der Waals surface area contributed by atoms with Crippen molar-refractivity contribution in [3.63, 3.8) is 0 Å². The normalized spacial score (nSPS) is 7.94. The van der Waals surface area contributed by atoms with Gasteiger partial charge in [0.05, 0.1) is 12.8 Å². The van der Waals surface area contributed by atoms with E-state index in [4.69, 9.17) is 0 Å². The average Bonchev–Trinajstić information content (AvgIpc) is 2.25. The van der Waals surface area contributed by atoms with E-state index in [-0.39, 0.29) is 6.54 Å². The zero-order valence-corrected chi connectivity index (χ0v) is 10.9. The molecule has 0 atom stereocenters. The smallest absolute Gasteiger partial charge is 0.227 e. The molecular weight excluding hydrogens is 234 g/mol. The highest BCUT2D eigenvalue weighted by atomic mass is 32.2. The first-order valence-corrected chi connectivity index (χ1v) is 6.67. The summed E-state index contributed by atoms with van der Waals surface area (Å²) < 4.78 is 23.7. The molecule has 3 nitrogen and oxygen atoms in total. The van der Waals surface area contributed by atoms with Gasteiger partial charge in [0.15, 0.2) is 0 Å². The highest BCUT2D eigenvalue weighted by molar-refractivity contribution is 7.88. The molecule has 0 spiro atoms.